The van der Waals surface area contributed by atoms with Crippen molar-refractivity contribution in [1.82, 2.24) is 4.98 Å². The SMILES string of the molecule is CC1(C)OB(c2ccc(NC(=O)Nc3ccc(Cl)c(C(F)(F)F)c3)nc2)OC1(C)C. The van der Waals surface area contributed by atoms with Crippen LogP contribution >= 0.6 is 11.6 Å². The summed E-state index contributed by atoms with van der Waals surface area (Å²) in [4.78, 5) is 16.3. The fourth-order valence-electron chi connectivity index (χ4n) is 2.70. The van der Waals surface area contributed by atoms with Crippen LogP contribution in [-0.4, -0.2) is 29.3 Å². The number of carbonyl (C=O) groups excluding carboxylic acids is 1. The Balaban J connectivity index is 1.65. The maximum Gasteiger partial charge on any atom is 0.496 e. The maximum absolute atomic E-state index is 12.9. The van der Waals surface area contributed by atoms with Crippen molar-refractivity contribution in [3.8, 4) is 0 Å². The van der Waals surface area contributed by atoms with E-state index in [1.165, 1.54) is 12.3 Å². The number of nitrogens with one attached hydrogen (secondary N) is 2. The smallest absolute Gasteiger partial charge is 0.399 e. The molecular formula is C19H20BClF3N3O3. The van der Waals surface area contributed by atoms with Crippen molar-refractivity contribution in [1.29, 1.82) is 0 Å². The standard InChI is InChI=1S/C19H20BClF3N3O3/c1-17(2)18(3,4)30-20(29-17)11-5-8-15(25-10-11)27-16(28)26-12-6-7-14(21)13(9-12)19(22,23)24/h5-10H,1-4H3,(H2,25,26,27,28). The van der Waals surface area contributed by atoms with E-state index in [1.807, 2.05) is 27.7 Å². The molecule has 2 aromatic rings. The highest BCUT2D eigenvalue weighted by atomic mass is 35.5. The summed E-state index contributed by atoms with van der Waals surface area (Å²) >= 11 is 5.57. The Bertz CT molecular complexity index is 936. The molecule has 160 valence electrons. The van der Waals surface area contributed by atoms with Crippen LogP contribution in [0.15, 0.2) is 36.5 Å². The molecule has 2 heterocycles. The van der Waals surface area contributed by atoms with Gasteiger partial charge in [-0.1, -0.05) is 17.7 Å². The lowest BCUT2D eigenvalue weighted by Gasteiger charge is -2.32. The Morgan fingerprint density at radius 1 is 1.07 bits per heavy atom. The van der Waals surface area contributed by atoms with Crippen LogP contribution in [0, 0.1) is 0 Å². The molecule has 2 amide bonds. The summed E-state index contributed by atoms with van der Waals surface area (Å²) < 4.78 is 50.7. The van der Waals surface area contributed by atoms with Gasteiger partial charge in [0, 0.05) is 17.3 Å². The molecule has 1 aromatic heterocycles. The lowest BCUT2D eigenvalue weighted by atomic mass is 9.80. The van der Waals surface area contributed by atoms with E-state index < -0.39 is 41.1 Å². The second-order valence-electron chi connectivity index (χ2n) is 7.84. The Hall–Kier alpha value is -2.30. The van der Waals surface area contributed by atoms with Gasteiger partial charge < -0.3 is 14.6 Å². The molecular weight excluding hydrogens is 421 g/mol. The summed E-state index contributed by atoms with van der Waals surface area (Å²) in [6.07, 6.45) is -3.13. The highest BCUT2D eigenvalue weighted by molar-refractivity contribution is 6.62. The van der Waals surface area contributed by atoms with E-state index >= 15 is 0 Å². The molecule has 30 heavy (non-hydrogen) atoms. The Labute approximate surface area is 177 Å². The zero-order valence-corrected chi connectivity index (χ0v) is 17.5. The molecule has 0 atom stereocenters. The average molecular weight is 442 g/mol. The molecule has 0 bridgehead atoms. The number of pyridine rings is 1. The van der Waals surface area contributed by atoms with Crippen molar-refractivity contribution in [3.05, 3.63) is 47.1 Å². The van der Waals surface area contributed by atoms with E-state index in [4.69, 9.17) is 20.9 Å². The molecule has 0 radical (unpaired) electrons. The Morgan fingerprint density at radius 3 is 2.23 bits per heavy atom. The first-order valence-corrected chi connectivity index (χ1v) is 9.43. The van der Waals surface area contributed by atoms with Crippen LogP contribution in [0.4, 0.5) is 29.5 Å². The minimum atomic E-state index is -4.63. The summed E-state index contributed by atoms with van der Waals surface area (Å²) in [7, 11) is -0.597. The third kappa shape index (κ3) is 4.71. The number of urea groups is 1. The van der Waals surface area contributed by atoms with E-state index in [0.717, 1.165) is 12.1 Å². The van der Waals surface area contributed by atoms with Crippen LogP contribution in [0.3, 0.4) is 0 Å². The number of hydrogen-bond acceptors (Lipinski definition) is 4. The summed E-state index contributed by atoms with van der Waals surface area (Å²) in [6.45, 7) is 7.73. The lowest BCUT2D eigenvalue weighted by Crippen LogP contribution is -2.41. The van der Waals surface area contributed by atoms with Crippen molar-refractivity contribution in [3.63, 3.8) is 0 Å². The summed E-state index contributed by atoms with van der Waals surface area (Å²) in [5, 5.41) is 4.33. The van der Waals surface area contributed by atoms with Gasteiger partial charge in [-0.05, 0) is 52.0 Å². The predicted octanol–water partition coefficient (Wildman–Crippen LogP) is 4.70. The number of hydrogen-bond donors (Lipinski definition) is 2. The first-order valence-electron chi connectivity index (χ1n) is 9.05. The molecule has 2 N–H and O–H groups in total. The molecule has 0 saturated carbocycles. The monoisotopic (exact) mass is 441 g/mol. The Morgan fingerprint density at radius 2 is 1.70 bits per heavy atom. The van der Waals surface area contributed by atoms with Gasteiger partial charge in [0.2, 0.25) is 0 Å². The van der Waals surface area contributed by atoms with Gasteiger partial charge in [-0.2, -0.15) is 13.2 Å². The van der Waals surface area contributed by atoms with Crippen LogP contribution < -0.4 is 16.1 Å². The predicted molar refractivity (Wildman–Crippen MR) is 109 cm³/mol. The largest absolute Gasteiger partial charge is 0.496 e. The summed E-state index contributed by atoms with van der Waals surface area (Å²) in [5.41, 5.74) is -1.41. The molecule has 0 unspecified atom stereocenters. The highest BCUT2D eigenvalue weighted by Crippen LogP contribution is 2.37. The number of aromatic nitrogens is 1. The second kappa shape index (κ2) is 7.75. The number of halogens is 4. The van der Waals surface area contributed by atoms with Crippen LogP contribution in [0.2, 0.25) is 5.02 Å². The quantitative estimate of drug-likeness (QED) is 0.678. The number of anilines is 2. The van der Waals surface area contributed by atoms with Crippen LogP contribution in [0.25, 0.3) is 0 Å². The Kier molecular flexibility index (Phi) is 5.79. The van der Waals surface area contributed by atoms with Gasteiger partial charge in [-0.15, -0.1) is 0 Å². The molecule has 1 fully saturated rings. The number of alkyl halides is 3. The third-order valence-electron chi connectivity index (χ3n) is 5.08. The second-order valence-corrected chi connectivity index (χ2v) is 8.24. The molecule has 1 aliphatic rings. The summed E-state index contributed by atoms with van der Waals surface area (Å²) in [6, 6.07) is 5.58. The minimum Gasteiger partial charge on any atom is -0.399 e. The fraction of sp³-hybridized carbons (Fsp3) is 0.368. The molecule has 11 heteroatoms. The number of carbonyl (C=O) groups is 1. The van der Waals surface area contributed by atoms with E-state index in [9.17, 15) is 18.0 Å². The van der Waals surface area contributed by atoms with Gasteiger partial charge in [0.25, 0.3) is 0 Å². The average Bonchev–Trinajstić information content (AvgIpc) is 2.84. The fourth-order valence-corrected chi connectivity index (χ4v) is 2.92. The first kappa shape index (κ1) is 22.4. The minimum absolute atomic E-state index is 0.0573. The first-order chi connectivity index (χ1) is 13.8. The van der Waals surface area contributed by atoms with Crippen LogP contribution in [0.1, 0.15) is 33.3 Å². The van der Waals surface area contributed by atoms with Gasteiger partial charge in [-0.25, -0.2) is 9.78 Å². The van der Waals surface area contributed by atoms with Crippen LogP contribution in [-0.2, 0) is 15.5 Å². The van der Waals surface area contributed by atoms with E-state index in [-0.39, 0.29) is 11.5 Å². The van der Waals surface area contributed by atoms with E-state index in [2.05, 4.69) is 15.6 Å². The third-order valence-corrected chi connectivity index (χ3v) is 5.41. The molecule has 3 rings (SSSR count). The number of nitrogens with zero attached hydrogens (tertiary/aromatic N) is 1. The highest BCUT2D eigenvalue weighted by Gasteiger charge is 2.51. The lowest BCUT2D eigenvalue weighted by molar-refractivity contribution is -0.137. The molecule has 1 aliphatic heterocycles. The zero-order valence-electron chi connectivity index (χ0n) is 16.7. The maximum atomic E-state index is 12.9. The molecule has 1 saturated heterocycles. The van der Waals surface area contributed by atoms with Crippen molar-refractivity contribution in [2.45, 2.75) is 45.1 Å². The van der Waals surface area contributed by atoms with Gasteiger partial charge in [0.05, 0.1) is 21.8 Å². The van der Waals surface area contributed by atoms with E-state index in [1.54, 1.807) is 12.1 Å². The van der Waals surface area contributed by atoms with Gasteiger partial charge >= 0.3 is 19.3 Å². The number of amides is 2. The number of rotatable bonds is 3. The molecule has 0 spiro atoms. The normalized spacial score (nSPS) is 17.7. The van der Waals surface area contributed by atoms with E-state index in [0.29, 0.717) is 5.46 Å². The number of benzene rings is 1. The van der Waals surface area contributed by atoms with Crippen molar-refractivity contribution in [2.24, 2.45) is 0 Å². The van der Waals surface area contributed by atoms with Crippen LogP contribution in [0.5, 0.6) is 0 Å². The zero-order chi connectivity index (χ0) is 22.3. The van der Waals surface area contributed by atoms with Crippen molar-refractivity contribution in [2.75, 3.05) is 10.6 Å². The topological polar surface area (TPSA) is 72.5 Å². The molecule has 6 nitrogen and oxygen atoms in total. The van der Waals surface area contributed by atoms with Crippen molar-refractivity contribution >= 4 is 41.7 Å². The molecule has 1 aromatic carbocycles. The van der Waals surface area contributed by atoms with Crippen molar-refractivity contribution < 1.29 is 27.3 Å². The van der Waals surface area contributed by atoms with Gasteiger partial charge in [0.1, 0.15) is 5.82 Å². The van der Waals surface area contributed by atoms with Gasteiger partial charge in [-0.3, -0.25) is 5.32 Å². The summed E-state index contributed by atoms with van der Waals surface area (Å²) in [5.74, 6) is 0.206. The van der Waals surface area contributed by atoms with Gasteiger partial charge in [0.15, 0.2) is 0 Å². The molecule has 0 aliphatic carbocycles.